The Morgan fingerprint density at radius 3 is 2.48 bits per heavy atom. The number of Topliss-reactive ketones (excluding diaryl/α,β-unsaturated/α-hetero) is 1. The van der Waals surface area contributed by atoms with Gasteiger partial charge >= 0.3 is 0 Å². The molecule has 0 spiro atoms. The van der Waals surface area contributed by atoms with Gasteiger partial charge in [-0.15, -0.1) is 0 Å². The number of aryl methyl sites for hydroxylation is 2. The fourth-order valence-corrected chi connectivity index (χ4v) is 2.95. The average Bonchev–Trinajstić information content (AvgIpc) is 2.68. The molecule has 0 saturated heterocycles. The smallest absolute Gasteiger partial charge is 0.183 e. The van der Waals surface area contributed by atoms with Crippen LogP contribution in [0.1, 0.15) is 35.3 Å². The summed E-state index contributed by atoms with van der Waals surface area (Å²) in [5.74, 6) is 0.638. The number of methoxy groups -OCH3 is 1. The normalized spacial score (nSPS) is 9.67. The van der Waals surface area contributed by atoms with Crippen LogP contribution < -0.4 is 9.75 Å². The molecule has 27 heavy (non-hydrogen) atoms. The van der Waals surface area contributed by atoms with Gasteiger partial charge in [-0.1, -0.05) is 55.1 Å². The van der Waals surface area contributed by atoms with Gasteiger partial charge in [0.1, 0.15) is 5.75 Å². The third-order valence-corrected chi connectivity index (χ3v) is 4.46. The molecule has 2 aromatic carbocycles. The molecule has 0 radical (unpaired) electrons. The molecule has 0 aliphatic rings. The van der Waals surface area contributed by atoms with Crippen LogP contribution in [0.5, 0.6) is 5.75 Å². The van der Waals surface area contributed by atoms with Crippen LogP contribution in [0.4, 0.5) is 5.69 Å². The number of rotatable bonds is 6. The number of carbonyl (C=O) groups excluding carboxylic acids is 1. The Bertz CT molecular complexity index is 808. The molecule has 7 heteroatoms. The third-order valence-electron chi connectivity index (χ3n) is 3.61. The van der Waals surface area contributed by atoms with E-state index in [0.717, 1.165) is 22.9 Å². The summed E-state index contributed by atoms with van der Waals surface area (Å²) in [6.45, 7) is 7.84. The molecule has 0 heterocycles. The minimum absolute atomic E-state index is 0.0213. The predicted molar refractivity (Wildman–Crippen MR) is 112 cm³/mol. The van der Waals surface area contributed by atoms with Crippen LogP contribution in [0.15, 0.2) is 47.7 Å². The summed E-state index contributed by atoms with van der Waals surface area (Å²) in [7, 11) is 1.57. The van der Waals surface area contributed by atoms with Crippen LogP contribution in [0.25, 0.3) is 0 Å². The lowest BCUT2D eigenvalue weighted by molar-refractivity contribution is 0.102. The van der Waals surface area contributed by atoms with Gasteiger partial charge in [-0.3, -0.25) is 10.2 Å². The molecule has 2 rings (SSSR count). The largest absolute Gasteiger partial charge is 0.496 e. The van der Waals surface area contributed by atoms with Gasteiger partial charge < -0.3 is 4.74 Å². The van der Waals surface area contributed by atoms with Gasteiger partial charge in [-0.05, 0) is 43.2 Å². The molecule has 0 saturated carbocycles. The lowest BCUT2D eigenvalue weighted by atomic mass is 10.1. The molecule has 0 fully saturated rings. The standard InChI is InChI=1S/C18H20N4O2S.C2H6/c1-12-5-4-6-15(9-12)22(21-20)18(19)25-11-16(23)14-8-7-13(2)17(10-14)24-3;1-2/h4-10,19-20H,11H2,1-3H3;1-2H3. The second kappa shape index (κ2) is 11.1. The van der Waals surface area contributed by atoms with E-state index in [1.807, 2.05) is 52.0 Å². The lowest BCUT2D eigenvalue weighted by Gasteiger charge is -2.17. The summed E-state index contributed by atoms with van der Waals surface area (Å²) in [6, 6.07) is 12.7. The number of nitrogens with zero attached hydrogens (tertiary/aromatic N) is 2. The Balaban J connectivity index is 0.00000176. The maximum atomic E-state index is 12.4. The number of anilines is 1. The minimum atomic E-state index is -0.109. The Kier molecular flexibility index (Phi) is 9.22. The van der Waals surface area contributed by atoms with Crippen molar-refractivity contribution in [3.05, 3.63) is 59.2 Å². The van der Waals surface area contributed by atoms with Crippen LogP contribution >= 0.6 is 11.8 Å². The van der Waals surface area contributed by atoms with Gasteiger partial charge in [0.05, 0.1) is 18.6 Å². The van der Waals surface area contributed by atoms with E-state index >= 15 is 0 Å². The number of hydrogen-bond donors (Lipinski definition) is 2. The van der Waals surface area contributed by atoms with Crippen molar-refractivity contribution in [2.75, 3.05) is 17.9 Å². The fourth-order valence-electron chi connectivity index (χ4n) is 2.25. The van der Waals surface area contributed by atoms with Crippen molar-refractivity contribution < 1.29 is 9.53 Å². The van der Waals surface area contributed by atoms with Crippen molar-refractivity contribution in [1.29, 1.82) is 10.9 Å². The Labute approximate surface area is 164 Å². The van der Waals surface area contributed by atoms with E-state index in [2.05, 4.69) is 5.22 Å². The molecule has 144 valence electrons. The van der Waals surface area contributed by atoms with E-state index in [1.165, 1.54) is 5.01 Å². The highest BCUT2D eigenvalue weighted by atomic mass is 32.2. The number of benzene rings is 2. The molecule has 6 nitrogen and oxygen atoms in total. The van der Waals surface area contributed by atoms with E-state index in [0.29, 0.717) is 17.0 Å². The number of carbonyl (C=O) groups is 1. The summed E-state index contributed by atoms with van der Waals surface area (Å²) >= 11 is 1.04. The lowest BCUT2D eigenvalue weighted by Crippen LogP contribution is -2.22. The topological polar surface area (TPSA) is 89.6 Å². The van der Waals surface area contributed by atoms with Gasteiger partial charge in [0.15, 0.2) is 11.0 Å². The van der Waals surface area contributed by atoms with Crippen molar-refractivity contribution in [3.8, 4) is 5.75 Å². The number of ether oxygens (including phenoxy) is 1. The molecule has 0 bridgehead atoms. The van der Waals surface area contributed by atoms with Gasteiger partial charge in [-0.25, -0.2) is 0 Å². The molecule has 0 aromatic heterocycles. The first-order valence-electron chi connectivity index (χ1n) is 8.59. The number of ketones is 1. The Morgan fingerprint density at radius 1 is 1.19 bits per heavy atom. The first-order chi connectivity index (χ1) is 13.0. The molecule has 0 aliphatic heterocycles. The number of hydrogen-bond acceptors (Lipinski definition) is 6. The van der Waals surface area contributed by atoms with Crippen molar-refractivity contribution in [2.45, 2.75) is 27.7 Å². The third kappa shape index (κ3) is 6.21. The fraction of sp³-hybridized carbons (Fsp3) is 0.300. The second-order valence-corrected chi connectivity index (χ2v) is 6.42. The van der Waals surface area contributed by atoms with Crippen molar-refractivity contribution in [3.63, 3.8) is 0 Å². The van der Waals surface area contributed by atoms with Crippen molar-refractivity contribution >= 4 is 28.4 Å². The first kappa shape index (κ1) is 22.4. The summed E-state index contributed by atoms with van der Waals surface area (Å²) < 4.78 is 5.24. The number of thioether (sulfide) groups is 1. The van der Waals surface area contributed by atoms with E-state index in [-0.39, 0.29) is 16.7 Å². The quantitative estimate of drug-likeness (QED) is 0.221. The zero-order valence-electron chi connectivity index (χ0n) is 16.4. The monoisotopic (exact) mass is 386 g/mol. The van der Waals surface area contributed by atoms with E-state index in [9.17, 15) is 4.79 Å². The van der Waals surface area contributed by atoms with E-state index in [1.54, 1.807) is 25.3 Å². The molecule has 0 atom stereocenters. The van der Waals surface area contributed by atoms with Gasteiger partial charge in [0.25, 0.3) is 0 Å². The highest BCUT2D eigenvalue weighted by Crippen LogP contribution is 2.23. The van der Waals surface area contributed by atoms with Gasteiger partial charge in [-0.2, -0.15) is 10.5 Å². The van der Waals surface area contributed by atoms with Crippen molar-refractivity contribution in [1.82, 2.24) is 0 Å². The first-order valence-corrected chi connectivity index (χ1v) is 9.58. The second-order valence-electron chi connectivity index (χ2n) is 5.45. The Morgan fingerprint density at radius 2 is 1.89 bits per heavy atom. The molecule has 2 aromatic rings. The van der Waals surface area contributed by atoms with E-state index < -0.39 is 0 Å². The van der Waals surface area contributed by atoms with Crippen molar-refractivity contribution in [2.24, 2.45) is 5.22 Å². The maximum Gasteiger partial charge on any atom is 0.183 e. The predicted octanol–water partition coefficient (Wildman–Crippen LogP) is 5.64. The number of nitrogens with one attached hydrogen (secondary N) is 2. The highest BCUT2D eigenvalue weighted by Gasteiger charge is 2.16. The average molecular weight is 387 g/mol. The summed E-state index contributed by atoms with van der Waals surface area (Å²) in [4.78, 5) is 12.4. The van der Waals surface area contributed by atoms with E-state index in [4.69, 9.17) is 15.7 Å². The number of amidine groups is 1. The van der Waals surface area contributed by atoms with Crippen LogP contribution in [-0.4, -0.2) is 23.8 Å². The minimum Gasteiger partial charge on any atom is -0.496 e. The maximum absolute atomic E-state index is 12.4. The van der Waals surface area contributed by atoms with Gasteiger partial charge in [0.2, 0.25) is 0 Å². The molecule has 0 amide bonds. The zero-order valence-corrected chi connectivity index (χ0v) is 17.2. The van der Waals surface area contributed by atoms with Gasteiger partial charge in [0, 0.05) is 5.56 Å². The SMILES string of the molecule is CC.COc1cc(C(=O)CSC(=N)N(N=N)c2cccc(C)c2)ccc1C. The van der Waals surface area contributed by atoms with Crippen LogP contribution in [-0.2, 0) is 0 Å². The Hall–Kier alpha value is -2.67. The van der Waals surface area contributed by atoms with Crippen LogP contribution in [0, 0.1) is 24.8 Å². The van der Waals surface area contributed by atoms with Crippen LogP contribution in [0.2, 0.25) is 0 Å². The summed E-state index contributed by atoms with van der Waals surface area (Å²) in [5.41, 5.74) is 10.4. The zero-order chi connectivity index (χ0) is 20.4. The summed E-state index contributed by atoms with van der Waals surface area (Å²) in [6.07, 6.45) is 0. The summed E-state index contributed by atoms with van der Waals surface area (Å²) in [5, 5.41) is 12.7. The molecular formula is C20H26N4O2S. The molecular weight excluding hydrogens is 360 g/mol. The molecule has 0 unspecified atom stereocenters. The van der Waals surface area contributed by atoms with Crippen LogP contribution in [0.3, 0.4) is 0 Å². The molecule has 0 aliphatic carbocycles. The highest BCUT2D eigenvalue weighted by molar-refractivity contribution is 8.14. The molecule has 2 N–H and O–H groups in total.